The van der Waals surface area contributed by atoms with Gasteiger partial charge in [0.05, 0.1) is 13.0 Å². The first kappa shape index (κ1) is 12.7. The number of hydrogen-bond donors (Lipinski definition) is 3. The Morgan fingerprint density at radius 3 is 2.33 bits per heavy atom. The molecule has 0 atom stereocenters. The summed E-state index contributed by atoms with van der Waals surface area (Å²) >= 11 is 0. The fourth-order valence-electron chi connectivity index (χ4n) is 1.71. The van der Waals surface area contributed by atoms with Gasteiger partial charge in [-0.05, 0) is 6.42 Å². The molecule has 2 aliphatic rings. The van der Waals surface area contributed by atoms with E-state index in [-0.39, 0.29) is 0 Å². The van der Waals surface area contributed by atoms with Gasteiger partial charge in [-0.1, -0.05) is 0 Å². The monoisotopic (exact) mass is 242 g/mol. The molecular formula is C8H17ClNO5+. The van der Waals surface area contributed by atoms with E-state index >= 15 is 0 Å². The van der Waals surface area contributed by atoms with Crippen molar-refractivity contribution in [3.05, 3.63) is 0 Å². The van der Waals surface area contributed by atoms with Gasteiger partial charge in [0.1, 0.15) is 13.1 Å². The zero-order chi connectivity index (χ0) is 11.3. The standard InChI is InChI=1S/C8H14NO.ClH3O4/c1-2-5-9-6-3-7-10-8(9)4-1;2-1(3,4)5/h1-7H2;2-4H/q+1;. The molecule has 7 heteroatoms. The molecule has 0 aromatic carbocycles. The SMILES string of the molecule is C1CC[N+]2=C(C1)OCCC2.[O-][Cl+](O)(O)O. The molecule has 3 N–H and O–H groups in total. The van der Waals surface area contributed by atoms with Crippen LogP contribution in [0.5, 0.6) is 0 Å². The van der Waals surface area contributed by atoms with Crippen LogP contribution in [0, 0.1) is 10.2 Å². The van der Waals surface area contributed by atoms with Gasteiger partial charge in [-0.15, -0.1) is 0 Å². The summed E-state index contributed by atoms with van der Waals surface area (Å²) < 4.78 is 38.1. The zero-order valence-electron chi connectivity index (χ0n) is 8.43. The van der Waals surface area contributed by atoms with Crippen LogP contribution < -0.4 is 4.66 Å². The molecule has 0 fully saturated rings. The van der Waals surface area contributed by atoms with Gasteiger partial charge < -0.3 is 4.74 Å². The number of hydrogen-bond acceptors (Lipinski definition) is 5. The van der Waals surface area contributed by atoms with E-state index in [1.54, 1.807) is 0 Å². The molecule has 0 aliphatic carbocycles. The molecule has 6 nitrogen and oxygen atoms in total. The van der Waals surface area contributed by atoms with Crippen molar-refractivity contribution in [2.24, 2.45) is 0 Å². The first-order valence-electron chi connectivity index (χ1n) is 4.86. The molecule has 0 bridgehead atoms. The zero-order valence-corrected chi connectivity index (χ0v) is 9.19. The van der Waals surface area contributed by atoms with E-state index in [1.807, 2.05) is 0 Å². The van der Waals surface area contributed by atoms with E-state index in [4.69, 9.17) is 23.4 Å². The fraction of sp³-hybridized carbons (Fsp3) is 0.875. The second kappa shape index (κ2) is 5.62. The van der Waals surface area contributed by atoms with Crippen LogP contribution in [0.2, 0.25) is 0 Å². The average molecular weight is 243 g/mol. The Balaban J connectivity index is 0.000000195. The van der Waals surface area contributed by atoms with Gasteiger partial charge in [0.2, 0.25) is 0 Å². The molecule has 0 aromatic heterocycles. The van der Waals surface area contributed by atoms with Crippen LogP contribution in [0.25, 0.3) is 0 Å². The van der Waals surface area contributed by atoms with Gasteiger partial charge in [-0.2, -0.15) is 0 Å². The summed E-state index contributed by atoms with van der Waals surface area (Å²) in [5.41, 5.74) is 0. The van der Waals surface area contributed by atoms with E-state index in [0.29, 0.717) is 0 Å². The molecule has 0 unspecified atom stereocenters. The third-order valence-electron chi connectivity index (χ3n) is 2.26. The van der Waals surface area contributed by atoms with E-state index in [0.717, 1.165) is 6.61 Å². The van der Waals surface area contributed by atoms with Gasteiger partial charge in [-0.3, -0.25) is 0 Å². The molecule has 0 radical (unpaired) electrons. The van der Waals surface area contributed by atoms with Gasteiger partial charge in [0.25, 0.3) is 0 Å². The quantitative estimate of drug-likeness (QED) is 0.433. The molecule has 2 heterocycles. The molecule has 0 spiro atoms. The fourth-order valence-corrected chi connectivity index (χ4v) is 1.71. The van der Waals surface area contributed by atoms with Crippen molar-refractivity contribution in [3.63, 3.8) is 0 Å². The third-order valence-corrected chi connectivity index (χ3v) is 2.26. The molecule has 0 saturated carbocycles. The Labute approximate surface area is 90.1 Å². The maximum absolute atomic E-state index is 8.83. The molecule has 0 aromatic rings. The molecule has 0 saturated heterocycles. The minimum atomic E-state index is -4.19. The summed E-state index contributed by atoms with van der Waals surface area (Å²) in [6, 6.07) is 0. The second-order valence-electron chi connectivity index (χ2n) is 3.47. The average Bonchev–Trinajstić information content (AvgIpc) is 2.16. The summed E-state index contributed by atoms with van der Waals surface area (Å²) in [6.07, 6.45) is 5.07. The van der Waals surface area contributed by atoms with Gasteiger partial charge in [0, 0.05) is 12.8 Å². The number of ether oxygens (including phenoxy) is 1. The van der Waals surface area contributed by atoms with E-state index in [2.05, 4.69) is 4.58 Å². The summed E-state index contributed by atoms with van der Waals surface area (Å²) in [5.74, 6) is 1.26. The minimum absolute atomic E-state index is 0.950. The van der Waals surface area contributed by atoms with Crippen molar-refractivity contribution in [3.8, 4) is 0 Å². The van der Waals surface area contributed by atoms with E-state index in [1.165, 1.54) is 44.7 Å². The second-order valence-corrected chi connectivity index (χ2v) is 4.34. The molecule has 2 rings (SSSR count). The van der Waals surface area contributed by atoms with Crippen LogP contribution in [0.3, 0.4) is 0 Å². The first-order chi connectivity index (χ1) is 6.97. The molecule has 15 heavy (non-hydrogen) atoms. The molecular weight excluding hydrogens is 226 g/mol. The van der Waals surface area contributed by atoms with Gasteiger partial charge in [0.15, 0.2) is 0 Å². The van der Waals surface area contributed by atoms with Crippen molar-refractivity contribution >= 4 is 5.90 Å². The van der Waals surface area contributed by atoms with Crippen LogP contribution in [0.1, 0.15) is 25.7 Å². The maximum atomic E-state index is 8.83. The number of halogens is 1. The van der Waals surface area contributed by atoms with Crippen LogP contribution in [0.15, 0.2) is 0 Å². The number of rotatable bonds is 0. The van der Waals surface area contributed by atoms with Crippen LogP contribution >= 0.6 is 0 Å². The Hall–Kier alpha value is -0.400. The molecule has 2 aliphatic heterocycles. The van der Waals surface area contributed by atoms with E-state index < -0.39 is 10.2 Å². The third kappa shape index (κ3) is 5.91. The molecule has 0 amide bonds. The summed E-state index contributed by atoms with van der Waals surface area (Å²) in [7, 11) is -4.19. The van der Waals surface area contributed by atoms with Crippen molar-refractivity contribution in [1.82, 2.24) is 0 Å². The Morgan fingerprint density at radius 2 is 1.73 bits per heavy atom. The first-order valence-corrected chi connectivity index (χ1v) is 6.19. The summed E-state index contributed by atoms with van der Waals surface area (Å²) in [5, 5.41) is 0. The topological polar surface area (TPSA) is 96.0 Å². The van der Waals surface area contributed by atoms with Crippen LogP contribution in [-0.2, 0) is 4.74 Å². The Morgan fingerprint density at radius 1 is 1.13 bits per heavy atom. The van der Waals surface area contributed by atoms with Crippen molar-refractivity contribution in [1.29, 1.82) is 0 Å². The van der Waals surface area contributed by atoms with Crippen LogP contribution in [0.4, 0.5) is 0 Å². The number of nitrogens with zero attached hydrogens (tertiary/aromatic N) is 1. The molecule has 90 valence electrons. The summed E-state index contributed by atoms with van der Waals surface area (Å²) in [4.78, 5) is 0. The van der Waals surface area contributed by atoms with E-state index in [9.17, 15) is 0 Å². The summed E-state index contributed by atoms with van der Waals surface area (Å²) in [6.45, 7) is 3.41. The predicted octanol–water partition coefficient (Wildman–Crippen LogP) is -1.86. The van der Waals surface area contributed by atoms with Gasteiger partial charge >= 0.3 is 34.8 Å². The Kier molecular flexibility index (Phi) is 4.75. The van der Waals surface area contributed by atoms with Crippen molar-refractivity contribution in [2.75, 3.05) is 19.7 Å². The van der Waals surface area contributed by atoms with Crippen molar-refractivity contribution < 1.29 is 38.2 Å². The van der Waals surface area contributed by atoms with Crippen molar-refractivity contribution in [2.45, 2.75) is 25.7 Å². The Bertz CT molecular complexity index is 198. The van der Waals surface area contributed by atoms with Gasteiger partial charge in [-0.25, -0.2) is 4.58 Å². The van der Waals surface area contributed by atoms with Crippen LogP contribution in [-0.4, -0.2) is 44.1 Å². The normalized spacial score (nSPS) is 22.1. The predicted molar refractivity (Wildman–Crippen MR) is 46.1 cm³/mol.